The van der Waals surface area contributed by atoms with Crippen LogP contribution in [0.5, 0.6) is 0 Å². The lowest BCUT2D eigenvalue weighted by molar-refractivity contribution is -0.121. The Bertz CT molecular complexity index is 955. The lowest BCUT2D eigenvalue weighted by Crippen LogP contribution is -2.40. The number of thioether (sulfide) groups is 1. The van der Waals surface area contributed by atoms with Gasteiger partial charge in [0, 0.05) is 29.6 Å². The molecule has 0 radical (unpaired) electrons. The molecular weight excluding hydrogens is 475 g/mol. The van der Waals surface area contributed by atoms with Crippen molar-refractivity contribution in [3.63, 3.8) is 0 Å². The fourth-order valence-corrected chi connectivity index (χ4v) is 4.45. The van der Waals surface area contributed by atoms with Gasteiger partial charge in [-0.2, -0.15) is 16.1 Å². The lowest BCUT2D eigenvalue weighted by atomic mass is 10.2. The summed E-state index contributed by atoms with van der Waals surface area (Å²) in [5.41, 5.74) is 1.68. The second kappa shape index (κ2) is 11.4. The van der Waals surface area contributed by atoms with Crippen molar-refractivity contribution in [2.75, 3.05) is 25.1 Å². The fourth-order valence-electron chi connectivity index (χ4n) is 2.41. The second-order valence-corrected chi connectivity index (χ2v) is 10.6. The molecule has 5 nitrogen and oxygen atoms in total. The smallest absolute Gasteiger partial charge is 0.235 e. The topological polar surface area (TPSA) is 66.5 Å². The number of hydrogen-bond acceptors (Lipinski definition) is 4. The predicted octanol–water partition coefficient (Wildman–Crippen LogP) is 4.46. The van der Waals surface area contributed by atoms with Crippen LogP contribution >= 0.6 is 46.6 Å². The summed E-state index contributed by atoms with van der Waals surface area (Å²) in [5, 5.41) is 4.23. The van der Waals surface area contributed by atoms with E-state index in [9.17, 15) is 13.2 Å². The predicted molar refractivity (Wildman–Crippen MR) is 122 cm³/mol. The molecule has 0 unspecified atom stereocenters. The molecule has 1 N–H and O–H groups in total. The van der Waals surface area contributed by atoms with E-state index in [1.54, 1.807) is 42.1 Å². The molecule has 0 fully saturated rings. The first-order valence-electron chi connectivity index (χ1n) is 8.63. The summed E-state index contributed by atoms with van der Waals surface area (Å²) in [7, 11) is -3.57. The Labute approximate surface area is 190 Å². The van der Waals surface area contributed by atoms with Gasteiger partial charge in [-0.15, -0.1) is 0 Å². The van der Waals surface area contributed by atoms with Crippen molar-refractivity contribution in [2.45, 2.75) is 12.3 Å². The van der Waals surface area contributed by atoms with Crippen LogP contribution in [0.4, 0.5) is 0 Å². The maximum absolute atomic E-state index is 12.2. The van der Waals surface area contributed by atoms with Crippen molar-refractivity contribution in [3.05, 3.63) is 68.7 Å². The minimum Gasteiger partial charge on any atom is -0.354 e. The Kier molecular flexibility index (Phi) is 9.59. The molecule has 158 valence electrons. The zero-order valence-corrected chi connectivity index (χ0v) is 19.6. The monoisotopic (exact) mass is 494 g/mol. The highest BCUT2D eigenvalue weighted by molar-refractivity contribution is 7.98. The van der Waals surface area contributed by atoms with E-state index in [4.69, 9.17) is 34.8 Å². The van der Waals surface area contributed by atoms with Gasteiger partial charge in [0.1, 0.15) is 0 Å². The highest BCUT2D eigenvalue weighted by Crippen LogP contribution is 2.24. The van der Waals surface area contributed by atoms with E-state index >= 15 is 0 Å². The van der Waals surface area contributed by atoms with Gasteiger partial charge in [-0.3, -0.25) is 4.79 Å². The van der Waals surface area contributed by atoms with Crippen LogP contribution in [0.1, 0.15) is 11.1 Å². The van der Waals surface area contributed by atoms with E-state index in [1.807, 2.05) is 12.1 Å². The van der Waals surface area contributed by atoms with E-state index in [1.165, 1.54) is 0 Å². The fraction of sp³-hybridized carbons (Fsp3) is 0.316. The van der Waals surface area contributed by atoms with Crippen LogP contribution in [0.2, 0.25) is 15.1 Å². The number of rotatable bonds is 10. The summed E-state index contributed by atoms with van der Waals surface area (Å²) in [4.78, 5) is 12.2. The first kappa shape index (κ1) is 24.3. The van der Waals surface area contributed by atoms with Crippen molar-refractivity contribution in [2.24, 2.45) is 0 Å². The van der Waals surface area contributed by atoms with Crippen molar-refractivity contribution < 1.29 is 13.2 Å². The summed E-state index contributed by atoms with van der Waals surface area (Å²) in [6, 6.07) is 12.4. The molecule has 0 aliphatic carbocycles. The second-order valence-electron chi connectivity index (χ2n) is 6.27. The molecule has 0 aliphatic heterocycles. The third-order valence-corrected chi connectivity index (χ3v) is 7.25. The Balaban J connectivity index is 1.79. The molecule has 29 heavy (non-hydrogen) atoms. The third kappa shape index (κ3) is 8.36. The molecule has 0 aromatic heterocycles. The maximum atomic E-state index is 12.2. The number of sulfonamides is 1. The highest BCUT2D eigenvalue weighted by Gasteiger charge is 2.21. The first-order valence-corrected chi connectivity index (χ1v) is 12.8. The van der Waals surface area contributed by atoms with Crippen LogP contribution in [0.3, 0.4) is 0 Å². The van der Waals surface area contributed by atoms with E-state index < -0.39 is 10.0 Å². The van der Waals surface area contributed by atoms with Gasteiger partial charge in [0.25, 0.3) is 0 Å². The Hall–Kier alpha value is -0.960. The zero-order chi connectivity index (χ0) is 21.4. The molecule has 2 rings (SSSR count). The van der Waals surface area contributed by atoms with Gasteiger partial charge in [0.15, 0.2) is 0 Å². The molecule has 0 heterocycles. The number of nitrogens with zero attached hydrogens (tertiary/aromatic N) is 1. The molecule has 2 aromatic rings. The quantitative estimate of drug-likeness (QED) is 0.494. The van der Waals surface area contributed by atoms with Crippen LogP contribution in [-0.2, 0) is 27.1 Å². The third-order valence-electron chi connectivity index (χ3n) is 3.91. The Morgan fingerprint density at radius 2 is 1.79 bits per heavy atom. The number of carbonyl (C=O) groups excluding carboxylic acids is 1. The average molecular weight is 496 g/mol. The van der Waals surface area contributed by atoms with Crippen LogP contribution < -0.4 is 5.32 Å². The average Bonchev–Trinajstić information content (AvgIpc) is 2.64. The molecule has 0 saturated carbocycles. The number of hydrogen-bond donors (Lipinski definition) is 1. The Morgan fingerprint density at radius 1 is 1.07 bits per heavy atom. The van der Waals surface area contributed by atoms with E-state index in [-0.39, 0.29) is 19.0 Å². The standard InChI is InChI=1S/C19H21Cl3N2O3S2/c1-29(26,27)24(11-15-4-2-3-5-16(15)20)12-19(25)23-8-9-28-13-14-6-7-17(21)18(22)10-14/h2-7,10H,8-9,11-13H2,1H3,(H,23,25). The van der Waals surface area contributed by atoms with Gasteiger partial charge in [-0.1, -0.05) is 59.1 Å². The molecule has 0 aliphatic rings. The van der Waals surface area contributed by atoms with Gasteiger partial charge in [0.05, 0.1) is 22.8 Å². The molecule has 10 heteroatoms. The lowest BCUT2D eigenvalue weighted by Gasteiger charge is -2.20. The van der Waals surface area contributed by atoms with Crippen molar-refractivity contribution in [3.8, 4) is 0 Å². The van der Waals surface area contributed by atoms with Crippen LogP contribution in [0.15, 0.2) is 42.5 Å². The van der Waals surface area contributed by atoms with Crippen molar-refractivity contribution >= 4 is 62.5 Å². The van der Waals surface area contributed by atoms with E-state index in [0.717, 1.165) is 21.9 Å². The molecular formula is C19H21Cl3N2O3S2. The van der Waals surface area contributed by atoms with Crippen LogP contribution in [-0.4, -0.2) is 43.7 Å². The van der Waals surface area contributed by atoms with Gasteiger partial charge in [-0.25, -0.2) is 8.42 Å². The summed E-state index contributed by atoms with van der Waals surface area (Å²) >= 11 is 19.6. The highest BCUT2D eigenvalue weighted by atomic mass is 35.5. The molecule has 1 amide bonds. The maximum Gasteiger partial charge on any atom is 0.235 e. The minimum absolute atomic E-state index is 0.0397. The normalized spacial score (nSPS) is 11.6. The van der Waals surface area contributed by atoms with Gasteiger partial charge in [-0.05, 0) is 29.3 Å². The first-order chi connectivity index (χ1) is 13.7. The number of carbonyl (C=O) groups is 1. The minimum atomic E-state index is -3.57. The Morgan fingerprint density at radius 3 is 2.45 bits per heavy atom. The van der Waals surface area contributed by atoms with E-state index in [0.29, 0.717) is 32.9 Å². The molecule has 2 aromatic carbocycles. The van der Waals surface area contributed by atoms with Crippen molar-refractivity contribution in [1.82, 2.24) is 9.62 Å². The molecule has 0 bridgehead atoms. The summed E-state index contributed by atoms with van der Waals surface area (Å²) in [6.45, 7) is 0.202. The van der Waals surface area contributed by atoms with E-state index in [2.05, 4.69) is 5.32 Å². The zero-order valence-electron chi connectivity index (χ0n) is 15.7. The van der Waals surface area contributed by atoms with Gasteiger partial charge in [0.2, 0.25) is 15.9 Å². The van der Waals surface area contributed by atoms with Crippen molar-refractivity contribution in [1.29, 1.82) is 0 Å². The largest absolute Gasteiger partial charge is 0.354 e. The SMILES string of the molecule is CS(=O)(=O)N(CC(=O)NCCSCc1ccc(Cl)c(Cl)c1)Cc1ccccc1Cl. The summed E-state index contributed by atoms with van der Waals surface area (Å²) in [5.74, 6) is 1.04. The summed E-state index contributed by atoms with van der Waals surface area (Å²) < 4.78 is 25.2. The van der Waals surface area contributed by atoms with Crippen LogP contribution in [0.25, 0.3) is 0 Å². The summed E-state index contributed by atoms with van der Waals surface area (Å²) in [6.07, 6.45) is 1.07. The van der Waals surface area contributed by atoms with Gasteiger partial charge >= 0.3 is 0 Å². The number of nitrogens with one attached hydrogen (secondary N) is 1. The molecule has 0 saturated heterocycles. The van der Waals surface area contributed by atoms with Gasteiger partial charge < -0.3 is 5.32 Å². The van der Waals surface area contributed by atoms with Crippen LogP contribution in [0, 0.1) is 0 Å². The molecule has 0 atom stereocenters. The molecule has 0 spiro atoms. The number of amides is 1. The number of benzene rings is 2. The number of halogens is 3.